The van der Waals surface area contributed by atoms with Crippen molar-refractivity contribution >= 4 is 24.2 Å². The van der Waals surface area contributed by atoms with Crippen LogP contribution in [0.4, 0.5) is 0 Å². The van der Waals surface area contributed by atoms with Crippen LogP contribution in [0, 0.1) is 5.92 Å². The highest BCUT2D eigenvalue weighted by Crippen LogP contribution is 2.14. The first-order valence-corrected chi connectivity index (χ1v) is 8.57. The highest BCUT2D eigenvalue weighted by Gasteiger charge is 2.23. The molecule has 3 N–H and O–H groups in total. The molecule has 0 aliphatic carbocycles. The topological polar surface area (TPSA) is 70.2 Å². The van der Waals surface area contributed by atoms with Gasteiger partial charge >= 0.3 is 0 Å². The molecule has 0 bridgehead atoms. The molecule has 0 aromatic heterocycles. The van der Waals surface area contributed by atoms with E-state index in [-0.39, 0.29) is 30.1 Å². The Hall–Kier alpha value is -1.85. The van der Waals surface area contributed by atoms with Gasteiger partial charge in [0.25, 0.3) is 0 Å². The Kier molecular flexibility index (Phi) is 9.24. The Morgan fingerprint density at radius 3 is 2.52 bits per heavy atom. The maximum Gasteiger partial charge on any atom is 0.247 e. The highest BCUT2D eigenvalue weighted by molar-refractivity contribution is 5.88. The molecule has 25 heavy (non-hydrogen) atoms. The summed E-state index contributed by atoms with van der Waals surface area (Å²) in [7, 11) is 0. The largest absolute Gasteiger partial charge is 0.350 e. The van der Waals surface area contributed by atoms with E-state index in [0.717, 1.165) is 25.1 Å². The third kappa shape index (κ3) is 7.28. The molecule has 0 spiro atoms. The summed E-state index contributed by atoms with van der Waals surface area (Å²) < 4.78 is 0. The monoisotopic (exact) mass is 365 g/mol. The van der Waals surface area contributed by atoms with Gasteiger partial charge in [0.1, 0.15) is 6.04 Å². The zero-order valence-corrected chi connectivity index (χ0v) is 15.7. The van der Waals surface area contributed by atoms with E-state index >= 15 is 0 Å². The fraction of sp³-hybridized carbons (Fsp3) is 0.474. The lowest BCUT2D eigenvalue weighted by Crippen LogP contribution is -2.41. The van der Waals surface area contributed by atoms with E-state index in [1.165, 1.54) is 5.57 Å². The Balaban J connectivity index is 0.00000312. The zero-order valence-electron chi connectivity index (χ0n) is 14.9. The molecular formula is C19H28ClN3O2. The summed E-state index contributed by atoms with van der Waals surface area (Å²) in [6.45, 7) is 6.29. The van der Waals surface area contributed by atoms with Crippen LogP contribution in [-0.2, 0) is 9.59 Å². The number of halogens is 1. The highest BCUT2D eigenvalue weighted by atomic mass is 35.5. The number of hydrogen-bond acceptors (Lipinski definition) is 3. The van der Waals surface area contributed by atoms with Gasteiger partial charge in [0.2, 0.25) is 11.8 Å². The van der Waals surface area contributed by atoms with Crippen molar-refractivity contribution in [3.05, 3.63) is 47.5 Å². The Labute approximate surface area is 156 Å². The summed E-state index contributed by atoms with van der Waals surface area (Å²) in [6, 6.07) is 8.72. The van der Waals surface area contributed by atoms with Crippen molar-refractivity contribution in [1.29, 1.82) is 0 Å². The van der Waals surface area contributed by atoms with Gasteiger partial charge in [-0.05, 0) is 24.4 Å². The van der Waals surface area contributed by atoms with Crippen molar-refractivity contribution in [2.45, 2.75) is 32.7 Å². The molecule has 1 aromatic rings. The van der Waals surface area contributed by atoms with E-state index in [1.54, 1.807) is 0 Å². The van der Waals surface area contributed by atoms with Gasteiger partial charge in [0.15, 0.2) is 0 Å². The molecule has 1 aliphatic rings. The van der Waals surface area contributed by atoms with Crippen molar-refractivity contribution in [2.75, 3.05) is 19.6 Å². The van der Waals surface area contributed by atoms with E-state index in [2.05, 4.69) is 22.0 Å². The quantitative estimate of drug-likeness (QED) is 0.649. The number of amides is 2. The Bertz CT molecular complexity index is 588. The van der Waals surface area contributed by atoms with Crippen LogP contribution in [0.25, 0.3) is 0 Å². The minimum Gasteiger partial charge on any atom is -0.350 e. The molecule has 0 saturated carbocycles. The maximum absolute atomic E-state index is 12.6. The first kappa shape index (κ1) is 21.2. The molecule has 2 amide bonds. The number of rotatable bonds is 7. The van der Waals surface area contributed by atoms with Crippen molar-refractivity contribution in [1.82, 2.24) is 16.0 Å². The second kappa shape index (κ2) is 10.9. The van der Waals surface area contributed by atoms with Crippen LogP contribution in [0.1, 0.15) is 38.3 Å². The fourth-order valence-corrected chi connectivity index (χ4v) is 2.67. The number of carbonyl (C=O) groups excluding carboxylic acids is 2. The standard InChI is InChI=1S/C19H27N3O2.ClH/c1-14(2)12-17(23)22-18(16-6-4-3-5-7-16)19(24)21-13-15-8-10-20-11-9-15;/h3-8,14,18,20H,9-13H2,1-2H3,(H,21,24)(H,22,23);1H. The fourth-order valence-electron chi connectivity index (χ4n) is 2.67. The molecule has 0 saturated heterocycles. The number of carbonyl (C=O) groups is 2. The SMILES string of the molecule is CC(C)CC(=O)NC(C(=O)NCC1=CCNCC1)c1ccccc1.Cl. The first-order chi connectivity index (χ1) is 11.6. The molecule has 1 aromatic carbocycles. The maximum atomic E-state index is 12.6. The van der Waals surface area contributed by atoms with Gasteiger partial charge in [0.05, 0.1) is 0 Å². The van der Waals surface area contributed by atoms with E-state index in [0.29, 0.717) is 13.0 Å². The van der Waals surface area contributed by atoms with Crippen molar-refractivity contribution in [3.8, 4) is 0 Å². The zero-order chi connectivity index (χ0) is 17.4. The molecule has 1 aliphatic heterocycles. The molecule has 1 heterocycles. The molecule has 5 nitrogen and oxygen atoms in total. The molecule has 2 rings (SSSR count). The van der Waals surface area contributed by atoms with E-state index in [9.17, 15) is 9.59 Å². The summed E-state index contributed by atoms with van der Waals surface area (Å²) in [5.41, 5.74) is 2.02. The van der Waals surface area contributed by atoms with Crippen LogP contribution in [0.2, 0.25) is 0 Å². The van der Waals surface area contributed by atoms with Crippen molar-refractivity contribution in [2.24, 2.45) is 5.92 Å². The van der Waals surface area contributed by atoms with Crippen LogP contribution in [0.15, 0.2) is 42.0 Å². The Morgan fingerprint density at radius 2 is 1.92 bits per heavy atom. The normalized spacial score (nSPS) is 14.9. The third-order valence-electron chi connectivity index (χ3n) is 3.94. The molecule has 0 fully saturated rings. The summed E-state index contributed by atoms with van der Waals surface area (Å²) in [5, 5.41) is 9.08. The van der Waals surface area contributed by atoms with E-state index < -0.39 is 6.04 Å². The van der Waals surface area contributed by atoms with E-state index in [4.69, 9.17) is 0 Å². The van der Waals surface area contributed by atoms with Gasteiger partial charge < -0.3 is 16.0 Å². The third-order valence-corrected chi connectivity index (χ3v) is 3.94. The van der Waals surface area contributed by atoms with Gasteiger partial charge in [-0.3, -0.25) is 9.59 Å². The lowest BCUT2D eigenvalue weighted by atomic mass is 10.0. The summed E-state index contributed by atoms with van der Waals surface area (Å²) >= 11 is 0. The lowest BCUT2D eigenvalue weighted by Gasteiger charge is -2.21. The second-order valence-electron chi connectivity index (χ2n) is 6.54. The minimum atomic E-state index is -0.653. The minimum absolute atomic E-state index is 0. The van der Waals surface area contributed by atoms with Crippen LogP contribution in [0.5, 0.6) is 0 Å². The van der Waals surface area contributed by atoms with E-state index in [1.807, 2.05) is 44.2 Å². The van der Waals surface area contributed by atoms with Crippen LogP contribution in [0.3, 0.4) is 0 Å². The van der Waals surface area contributed by atoms with Crippen molar-refractivity contribution < 1.29 is 9.59 Å². The van der Waals surface area contributed by atoms with Crippen LogP contribution in [-0.4, -0.2) is 31.4 Å². The lowest BCUT2D eigenvalue weighted by molar-refractivity contribution is -0.129. The smallest absolute Gasteiger partial charge is 0.247 e. The predicted octanol–water partition coefficient (Wildman–Crippen LogP) is 2.35. The van der Waals surface area contributed by atoms with Gasteiger partial charge in [-0.15, -0.1) is 12.4 Å². The predicted molar refractivity (Wildman–Crippen MR) is 103 cm³/mol. The number of nitrogens with one attached hydrogen (secondary N) is 3. The Morgan fingerprint density at radius 1 is 1.20 bits per heavy atom. The van der Waals surface area contributed by atoms with Crippen molar-refractivity contribution in [3.63, 3.8) is 0 Å². The average Bonchev–Trinajstić information content (AvgIpc) is 2.58. The molecule has 138 valence electrons. The number of benzene rings is 1. The van der Waals surface area contributed by atoms with Gasteiger partial charge in [-0.2, -0.15) is 0 Å². The second-order valence-corrected chi connectivity index (χ2v) is 6.54. The summed E-state index contributed by atoms with van der Waals surface area (Å²) in [5.74, 6) is -0.0165. The summed E-state index contributed by atoms with van der Waals surface area (Å²) in [6.07, 6.45) is 3.46. The first-order valence-electron chi connectivity index (χ1n) is 8.57. The molecule has 1 unspecified atom stereocenters. The molecule has 0 radical (unpaired) electrons. The molecular weight excluding hydrogens is 338 g/mol. The van der Waals surface area contributed by atoms with Crippen LogP contribution < -0.4 is 16.0 Å². The van der Waals surface area contributed by atoms with Gasteiger partial charge in [-0.25, -0.2) is 0 Å². The molecule has 6 heteroatoms. The van der Waals surface area contributed by atoms with Gasteiger partial charge in [-0.1, -0.05) is 55.8 Å². The summed E-state index contributed by atoms with van der Waals surface area (Å²) in [4.78, 5) is 24.8. The molecule has 1 atom stereocenters. The number of hydrogen-bond donors (Lipinski definition) is 3. The average molecular weight is 366 g/mol. The van der Waals surface area contributed by atoms with Gasteiger partial charge in [0, 0.05) is 19.5 Å². The van der Waals surface area contributed by atoms with Crippen LogP contribution >= 0.6 is 12.4 Å².